The molecule has 2 aliphatic heterocycles. The van der Waals surface area contributed by atoms with Crippen molar-refractivity contribution in [3.63, 3.8) is 0 Å². The van der Waals surface area contributed by atoms with Gasteiger partial charge in [-0.3, -0.25) is 0 Å². The molecular formula is C33H48O5. The standard InChI is InChI=1S/C21H36O.C12H12O4/c1-2-3-4-5-6-7-8-9-10-11-12-13-14-17-20-18-15-16-19-21(20)22;13-11-9-3-5-10(6-4-9)12(14)16-8-2-1-7-15-11/h15-16,18-19,22H,2-14,17H2,1H3;3-6H,1-2,7-8H2. The summed E-state index contributed by atoms with van der Waals surface area (Å²) in [6.07, 6.45) is 20.5. The van der Waals surface area contributed by atoms with Crippen molar-refractivity contribution in [2.45, 2.75) is 110 Å². The van der Waals surface area contributed by atoms with E-state index in [0.717, 1.165) is 12.0 Å². The van der Waals surface area contributed by atoms with E-state index in [-0.39, 0.29) is 11.9 Å². The van der Waals surface area contributed by atoms with Crippen LogP contribution < -0.4 is 0 Å². The molecule has 0 fully saturated rings. The Balaban J connectivity index is 0.000000279. The molecule has 2 aromatic carbocycles. The maximum Gasteiger partial charge on any atom is 0.338 e. The van der Waals surface area contributed by atoms with Crippen LogP contribution in [0, 0.1) is 0 Å². The van der Waals surface area contributed by atoms with Gasteiger partial charge in [-0.1, -0.05) is 102 Å². The Morgan fingerprint density at radius 1 is 0.605 bits per heavy atom. The van der Waals surface area contributed by atoms with Crippen molar-refractivity contribution in [3.8, 4) is 5.75 Å². The molecule has 0 saturated carbocycles. The molecule has 1 N–H and O–H groups in total. The average Bonchev–Trinajstić information content (AvgIpc) is 2.93. The number of unbranched alkanes of at least 4 members (excludes halogenated alkanes) is 12. The number of carbonyl (C=O) groups excluding carboxylic acids is 2. The first-order valence-corrected chi connectivity index (χ1v) is 14.8. The molecule has 0 unspecified atom stereocenters. The van der Waals surface area contributed by atoms with Gasteiger partial charge in [-0.05, 0) is 61.6 Å². The van der Waals surface area contributed by atoms with Gasteiger partial charge in [0.05, 0.1) is 24.3 Å². The van der Waals surface area contributed by atoms with Gasteiger partial charge in [0.2, 0.25) is 0 Å². The number of phenolic OH excluding ortho intramolecular Hbond substituents is 1. The lowest BCUT2D eigenvalue weighted by Crippen LogP contribution is -2.12. The second kappa shape index (κ2) is 20.2. The fraction of sp³-hybridized carbons (Fsp3) is 0.576. The summed E-state index contributed by atoms with van der Waals surface area (Å²) in [5, 5.41) is 9.70. The highest BCUT2D eigenvalue weighted by Gasteiger charge is 2.12. The van der Waals surface area contributed by atoms with Gasteiger partial charge in [-0.2, -0.15) is 0 Å². The van der Waals surface area contributed by atoms with E-state index in [1.165, 1.54) is 83.5 Å². The van der Waals surface area contributed by atoms with E-state index in [1.54, 1.807) is 30.3 Å². The van der Waals surface area contributed by atoms with Gasteiger partial charge in [-0.25, -0.2) is 9.59 Å². The number of aryl methyl sites for hydroxylation is 1. The van der Waals surface area contributed by atoms with Crippen molar-refractivity contribution in [1.29, 1.82) is 0 Å². The van der Waals surface area contributed by atoms with Crippen LogP contribution in [0.1, 0.15) is 130 Å². The minimum absolute atomic E-state index is 0.347. The van der Waals surface area contributed by atoms with E-state index in [4.69, 9.17) is 9.47 Å². The highest BCUT2D eigenvalue weighted by molar-refractivity contribution is 5.93. The molecule has 2 aliphatic rings. The molecule has 0 aliphatic carbocycles. The van der Waals surface area contributed by atoms with Crippen LogP contribution >= 0.6 is 0 Å². The molecule has 5 heteroatoms. The molecule has 210 valence electrons. The van der Waals surface area contributed by atoms with Gasteiger partial charge in [0, 0.05) is 0 Å². The normalized spacial score (nSPS) is 13.5. The predicted octanol–water partition coefficient (Wildman–Crippen LogP) is 8.82. The Hall–Kier alpha value is -2.82. The van der Waals surface area contributed by atoms with Crippen molar-refractivity contribution < 1.29 is 24.2 Å². The van der Waals surface area contributed by atoms with Gasteiger partial charge in [-0.15, -0.1) is 0 Å². The highest BCUT2D eigenvalue weighted by atomic mass is 16.5. The lowest BCUT2D eigenvalue weighted by atomic mass is 10.0. The maximum absolute atomic E-state index is 11.5. The number of benzene rings is 2. The van der Waals surface area contributed by atoms with Crippen LogP contribution in [0.15, 0.2) is 48.5 Å². The summed E-state index contributed by atoms with van der Waals surface area (Å²) in [6, 6.07) is 14.0. The van der Waals surface area contributed by atoms with Crippen LogP contribution in [0.3, 0.4) is 0 Å². The van der Waals surface area contributed by atoms with E-state index >= 15 is 0 Å². The second-order valence-electron chi connectivity index (χ2n) is 10.2. The van der Waals surface area contributed by atoms with E-state index in [1.807, 2.05) is 18.2 Å². The number of para-hydroxylation sites is 1. The quantitative estimate of drug-likeness (QED) is 0.197. The first kappa shape index (κ1) is 31.4. The summed E-state index contributed by atoms with van der Waals surface area (Å²) >= 11 is 0. The molecule has 5 nitrogen and oxygen atoms in total. The number of rotatable bonds is 14. The Morgan fingerprint density at radius 2 is 1.03 bits per heavy atom. The van der Waals surface area contributed by atoms with Gasteiger partial charge in [0.1, 0.15) is 5.75 Å². The number of carbonyl (C=O) groups is 2. The molecule has 38 heavy (non-hydrogen) atoms. The van der Waals surface area contributed by atoms with Gasteiger partial charge in [0.25, 0.3) is 0 Å². The maximum atomic E-state index is 11.5. The minimum Gasteiger partial charge on any atom is -0.508 e. The predicted molar refractivity (Wildman–Crippen MR) is 154 cm³/mol. The summed E-state index contributed by atoms with van der Waals surface area (Å²) in [5.41, 5.74) is 2.01. The monoisotopic (exact) mass is 524 g/mol. The highest BCUT2D eigenvalue weighted by Crippen LogP contribution is 2.19. The van der Waals surface area contributed by atoms with E-state index in [0.29, 0.717) is 42.9 Å². The topological polar surface area (TPSA) is 72.8 Å². The summed E-state index contributed by atoms with van der Waals surface area (Å²) in [6.45, 7) is 3.00. The largest absolute Gasteiger partial charge is 0.508 e. The lowest BCUT2D eigenvalue weighted by molar-refractivity contribution is 0.0427. The first-order valence-electron chi connectivity index (χ1n) is 14.8. The smallest absolute Gasteiger partial charge is 0.338 e. The Kier molecular flexibility index (Phi) is 16.7. The third-order valence-corrected chi connectivity index (χ3v) is 6.90. The van der Waals surface area contributed by atoms with Crippen LogP contribution in [0.5, 0.6) is 5.75 Å². The zero-order chi connectivity index (χ0) is 27.3. The molecule has 0 radical (unpaired) electrons. The Labute approximate surface area is 229 Å². The molecule has 0 spiro atoms. The summed E-state index contributed by atoms with van der Waals surface area (Å²) in [5.74, 6) is -0.234. The molecular weight excluding hydrogens is 476 g/mol. The van der Waals surface area contributed by atoms with Gasteiger partial charge in [0.15, 0.2) is 0 Å². The molecule has 4 rings (SSSR count). The van der Waals surface area contributed by atoms with Gasteiger partial charge < -0.3 is 14.6 Å². The third kappa shape index (κ3) is 13.6. The van der Waals surface area contributed by atoms with Crippen LogP contribution in [0.4, 0.5) is 0 Å². The SMILES string of the molecule is CCCCCCCCCCCCCCCc1ccccc1O.O=C1OCCCCOC(=O)c2ccc1cc2. The number of hydrogen-bond donors (Lipinski definition) is 1. The lowest BCUT2D eigenvalue weighted by Gasteiger charge is -2.09. The summed E-state index contributed by atoms with van der Waals surface area (Å²) in [4.78, 5) is 23.0. The van der Waals surface area contributed by atoms with Crippen molar-refractivity contribution >= 4 is 11.9 Å². The first-order chi connectivity index (χ1) is 18.6. The van der Waals surface area contributed by atoms with Crippen LogP contribution in [-0.4, -0.2) is 30.3 Å². The average molecular weight is 525 g/mol. The number of hydrogen-bond acceptors (Lipinski definition) is 5. The summed E-state index contributed by atoms with van der Waals surface area (Å²) < 4.78 is 10.1. The van der Waals surface area contributed by atoms with Crippen LogP contribution in [0.25, 0.3) is 0 Å². The molecule has 2 heterocycles. The number of aromatic hydroxyl groups is 1. The van der Waals surface area contributed by atoms with Gasteiger partial charge >= 0.3 is 11.9 Å². The fourth-order valence-corrected chi connectivity index (χ4v) is 4.50. The van der Waals surface area contributed by atoms with E-state index < -0.39 is 0 Å². The zero-order valence-electron chi connectivity index (χ0n) is 23.4. The Morgan fingerprint density at radius 3 is 1.47 bits per heavy atom. The second-order valence-corrected chi connectivity index (χ2v) is 10.2. The van der Waals surface area contributed by atoms with Crippen LogP contribution in [0.2, 0.25) is 0 Å². The molecule has 2 aromatic rings. The number of esters is 2. The molecule has 0 atom stereocenters. The fourth-order valence-electron chi connectivity index (χ4n) is 4.50. The number of phenols is 1. The van der Waals surface area contributed by atoms with Crippen molar-refractivity contribution in [1.82, 2.24) is 0 Å². The Bertz CT molecular complexity index is 867. The molecule has 2 bridgehead atoms. The zero-order valence-corrected chi connectivity index (χ0v) is 23.4. The van der Waals surface area contributed by atoms with Crippen molar-refractivity contribution in [2.24, 2.45) is 0 Å². The van der Waals surface area contributed by atoms with Crippen molar-refractivity contribution in [3.05, 3.63) is 65.2 Å². The number of ether oxygens (including phenoxy) is 2. The summed E-state index contributed by atoms with van der Waals surface area (Å²) in [7, 11) is 0. The van der Waals surface area contributed by atoms with Crippen LogP contribution in [-0.2, 0) is 15.9 Å². The molecule has 0 amide bonds. The van der Waals surface area contributed by atoms with Crippen molar-refractivity contribution in [2.75, 3.05) is 13.2 Å². The molecule has 0 aromatic heterocycles. The third-order valence-electron chi connectivity index (χ3n) is 6.90. The van der Waals surface area contributed by atoms with E-state index in [9.17, 15) is 14.7 Å². The molecule has 0 saturated heterocycles. The number of fused-ring (bicyclic) bond motifs is 9. The minimum atomic E-state index is -0.347. The van der Waals surface area contributed by atoms with E-state index in [2.05, 4.69) is 6.92 Å².